The first-order valence-electron chi connectivity index (χ1n) is 6.64. The number of nitrogens with one attached hydrogen (secondary N) is 1. The minimum Gasteiger partial charge on any atom is -0.490 e. The van der Waals surface area contributed by atoms with E-state index in [0.29, 0.717) is 0 Å². The van der Waals surface area contributed by atoms with Gasteiger partial charge < -0.3 is 10.1 Å². The Morgan fingerprint density at radius 3 is 2.71 bits per heavy atom. The van der Waals surface area contributed by atoms with Gasteiger partial charge in [-0.25, -0.2) is 0 Å². The third kappa shape index (κ3) is 3.95. The number of rotatable bonds is 6. The van der Waals surface area contributed by atoms with Gasteiger partial charge in [-0.1, -0.05) is 0 Å². The SMILES string of the molecule is COc1cc(NC(C)Cc2ccc(C)s2)ccc1[N+](=O)[O-]. The molecule has 0 bridgehead atoms. The zero-order valence-corrected chi connectivity index (χ0v) is 13.1. The first-order valence-corrected chi connectivity index (χ1v) is 7.45. The Morgan fingerprint density at radius 1 is 1.38 bits per heavy atom. The van der Waals surface area contributed by atoms with Gasteiger partial charge in [0.25, 0.3) is 0 Å². The predicted octanol–water partition coefficient (Wildman–Crippen LogP) is 4.02. The molecule has 0 amide bonds. The van der Waals surface area contributed by atoms with Crippen LogP contribution in [-0.2, 0) is 6.42 Å². The molecule has 2 rings (SSSR count). The maximum atomic E-state index is 10.9. The predicted molar refractivity (Wildman–Crippen MR) is 85.5 cm³/mol. The van der Waals surface area contributed by atoms with Crippen molar-refractivity contribution < 1.29 is 9.66 Å². The van der Waals surface area contributed by atoms with Crippen molar-refractivity contribution in [3.63, 3.8) is 0 Å². The number of methoxy groups -OCH3 is 1. The molecule has 6 heteroatoms. The molecular weight excluding hydrogens is 288 g/mol. The summed E-state index contributed by atoms with van der Waals surface area (Å²) >= 11 is 1.79. The summed E-state index contributed by atoms with van der Waals surface area (Å²) in [5.74, 6) is 0.268. The van der Waals surface area contributed by atoms with Crippen LogP contribution in [0.2, 0.25) is 0 Å². The number of nitro benzene ring substituents is 1. The van der Waals surface area contributed by atoms with Crippen molar-refractivity contribution >= 4 is 22.7 Å². The molecule has 2 aromatic rings. The van der Waals surface area contributed by atoms with E-state index in [2.05, 4.69) is 31.3 Å². The standard InChI is InChI=1S/C15H18N2O3S/c1-10(8-13-6-4-11(2)21-13)16-12-5-7-14(17(18)19)15(9-12)20-3/h4-7,9-10,16H,8H2,1-3H3. The molecule has 0 saturated heterocycles. The lowest BCUT2D eigenvalue weighted by Crippen LogP contribution is -2.17. The molecular formula is C15H18N2O3S. The number of aryl methyl sites for hydroxylation is 1. The van der Waals surface area contributed by atoms with Crippen LogP contribution in [0, 0.1) is 17.0 Å². The Bertz CT molecular complexity index is 640. The highest BCUT2D eigenvalue weighted by Crippen LogP contribution is 2.30. The van der Waals surface area contributed by atoms with E-state index in [9.17, 15) is 10.1 Å². The highest BCUT2D eigenvalue weighted by molar-refractivity contribution is 7.11. The van der Waals surface area contributed by atoms with Gasteiger partial charge in [-0.3, -0.25) is 10.1 Å². The van der Waals surface area contributed by atoms with Crippen LogP contribution in [0.4, 0.5) is 11.4 Å². The smallest absolute Gasteiger partial charge is 0.311 e. The van der Waals surface area contributed by atoms with E-state index in [1.54, 1.807) is 23.5 Å². The fraction of sp³-hybridized carbons (Fsp3) is 0.333. The summed E-state index contributed by atoms with van der Waals surface area (Å²) in [6.07, 6.45) is 0.914. The molecule has 0 spiro atoms. The van der Waals surface area contributed by atoms with E-state index < -0.39 is 4.92 Å². The molecule has 1 aromatic carbocycles. The van der Waals surface area contributed by atoms with Gasteiger partial charge >= 0.3 is 5.69 Å². The van der Waals surface area contributed by atoms with Crippen molar-refractivity contribution in [2.24, 2.45) is 0 Å². The Balaban J connectivity index is 2.06. The number of benzene rings is 1. The topological polar surface area (TPSA) is 64.4 Å². The van der Waals surface area contributed by atoms with Gasteiger partial charge in [0.2, 0.25) is 0 Å². The van der Waals surface area contributed by atoms with E-state index in [1.807, 2.05) is 0 Å². The monoisotopic (exact) mass is 306 g/mol. The van der Waals surface area contributed by atoms with Gasteiger partial charge in [-0.15, -0.1) is 11.3 Å². The van der Waals surface area contributed by atoms with Crippen LogP contribution >= 0.6 is 11.3 Å². The fourth-order valence-corrected chi connectivity index (χ4v) is 3.17. The van der Waals surface area contributed by atoms with Crippen molar-refractivity contribution in [2.45, 2.75) is 26.3 Å². The van der Waals surface area contributed by atoms with Gasteiger partial charge in [-0.2, -0.15) is 0 Å². The number of ether oxygens (including phenoxy) is 1. The van der Waals surface area contributed by atoms with Crippen molar-refractivity contribution in [1.29, 1.82) is 0 Å². The van der Waals surface area contributed by atoms with Crippen molar-refractivity contribution in [3.05, 3.63) is 50.2 Å². The molecule has 1 unspecified atom stereocenters. The normalized spacial score (nSPS) is 12.0. The van der Waals surface area contributed by atoms with E-state index in [-0.39, 0.29) is 17.5 Å². The molecule has 1 atom stereocenters. The van der Waals surface area contributed by atoms with Gasteiger partial charge in [0, 0.05) is 40.0 Å². The van der Waals surface area contributed by atoms with E-state index in [1.165, 1.54) is 22.9 Å². The van der Waals surface area contributed by atoms with Gasteiger partial charge in [-0.05, 0) is 32.0 Å². The number of nitro groups is 1. The molecule has 1 heterocycles. The average molecular weight is 306 g/mol. The average Bonchev–Trinajstić information content (AvgIpc) is 2.83. The second kappa shape index (κ2) is 6.58. The molecule has 0 aliphatic rings. The Hall–Kier alpha value is -2.08. The molecule has 1 aromatic heterocycles. The van der Waals surface area contributed by atoms with Crippen LogP contribution in [0.3, 0.4) is 0 Å². The first kappa shape index (κ1) is 15.3. The van der Waals surface area contributed by atoms with Crippen LogP contribution in [0.1, 0.15) is 16.7 Å². The molecule has 1 N–H and O–H groups in total. The molecule has 0 saturated carbocycles. The molecule has 21 heavy (non-hydrogen) atoms. The second-order valence-corrected chi connectivity index (χ2v) is 6.28. The molecule has 112 valence electrons. The summed E-state index contributed by atoms with van der Waals surface area (Å²) < 4.78 is 5.07. The highest BCUT2D eigenvalue weighted by atomic mass is 32.1. The van der Waals surface area contributed by atoms with Crippen molar-refractivity contribution in [1.82, 2.24) is 0 Å². The molecule has 0 radical (unpaired) electrons. The number of nitrogens with zero attached hydrogens (tertiary/aromatic N) is 1. The largest absolute Gasteiger partial charge is 0.490 e. The molecule has 0 fully saturated rings. The van der Waals surface area contributed by atoms with E-state index in [0.717, 1.165) is 12.1 Å². The summed E-state index contributed by atoms with van der Waals surface area (Å²) in [5.41, 5.74) is 0.794. The third-order valence-electron chi connectivity index (χ3n) is 3.09. The Labute approximate surface area is 127 Å². The fourth-order valence-electron chi connectivity index (χ4n) is 2.15. The second-order valence-electron chi connectivity index (χ2n) is 4.91. The van der Waals surface area contributed by atoms with Crippen LogP contribution in [0.25, 0.3) is 0 Å². The van der Waals surface area contributed by atoms with Gasteiger partial charge in [0.1, 0.15) is 0 Å². The minimum absolute atomic E-state index is 0.0235. The number of hydrogen-bond acceptors (Lipinski definition) is 5. The Kier molecular flexibility index (Phi) is 4.80. The zero-order chi connectivity index (χ0) is 15.4. The van der Waals surface area contributed by atoms with Crippen molar-refractivity contribution in [3.8, 4) is 5.75 Å². The molecule has 0 aliphatic carbocycles. The summed E-state index contributed by atoms with van der Waals surface area (Å²) in [7, 11) is 1.43. The maximum absolute atomic E-state index is 10.9. The van der Waals surface area contributed by atoms with Crippen LogP contribution in [-0.4, -0.2) is 18.1 Å². The van der Waals surface area contributed by atoms with Crippen LogP contribution in [0.15, 0.2) is 30.3 Å². The Morgan fingerprint density at radius 2 is 2.14 bits per heavy atom. The maximum Gasteiger partial charge on any atom is 0.311 e. The van der Waals surface area contributed by atoms with Gasteiger partial charge in [0.05, 0.1) is 12.0 Å². The quantitative estimate of drug-likeness (QED) is 0.647. The number of hydrogen-bond donors (Lipinski definition) is 1. The summed E-state index contributed by atoms with van der Waals surface area (Å²) in [4.78, 5) is 13.0. The lowest BCUT2D eigenvalue weighted by Gasteiger charge is -2.15. The first-order chi connectivity index (χ1) is 9.99. The highest BCUT2D eigenvalue weighted by Gasteiger charge is 2.15. The third-order valence-corrected chi connectivity index (χ3v) is 4.12. The zero-order valence-electron chi connectivity index (χ0n) is 12.3. The molecule has 5 nitrogen and oxygen atoms in total. The summed E-state index contributed by atoms with van der Waals surface area (Å²) in [5, 5.41) is 14.2. The number of thiophene rings is 1. The van der Waals surface area contributed by atoms with Crippen molar-refractivity contribution in [2.75, 3.05) is 12.4 Å². The molecule has 0 aliphatic heterocycles. The lowest BCUT2D eigenvalue weighted by molar-refractivity contribution is -0.385. The van der Waals surface area contributed by atoms with E-state index >= 15 is 0 Å². The van der Waals surface area contributed by atoms with Crippen LogP contribution in [0.5, 0.6) is 5.75 Å². The summed E-state index contributed by atoms with van der Waals surface area (Å²) in [6.45, 7) is 4.18. The lowest BCUT2D eigenvalue weighted by atomic mass is 10.2. The van der Waals surface area contributed by atoms with E-state index in [4.69, 9.17) is 4.74 Å². The minimum atomic E-state index is -0.444. The number of anilines is 1. The van der Waals surface area contributed by atoms with Crippen LogP contribution < -0.4 is 10.1 Å². The summed E-state index contributed by atoms with van der Waals surface area (Å²) in [6, 6.07) is 9.30. The van der Waals surface area contributed by atoms with Gasteiger partial charge in [0.15, 0.2) is 5.75 Å².